The number of hydrogen-bond donors (Lipinski definition) is 1. The number of para-hydroxylation sites is 1. The van der Waals surface area contributed by atoms with Crippen LogP contribution in [0.2, 0.25) is 0 Å². The number of rotatable bonds is 3. The summed E-state index contributed by atoms with van der Waals surface area (Å²) < 4.78 is 1.16. The van der Waals surface area contributed by atoms with E-state index in [1.54, 1.807) is 11.3 Å². The molecule has 0 aliphatic carbocycles. The van der Waals surface area contributed by atoms with Crippen LogP contribution in [0.15, 0.2) is 53.6 Å². The second-order valence-corrected chi connectivity index (χ2v) is 5.69. The predicted octanol–water partition coefficient (Wildman–Crippen LogP) is 4.44. The number of benzene rings is 2. The van der Waals surface area contributed by atoms with E-state index < -0.39 is 0 Å². The van der Waals surface area contributed by atoms with Crippen molar-refractivity contribution in [1.29, 1.82) is 0 Å². The Morgan fingerprint density at radius 3 is 2.60 bits per heavy atom. The molecule has 0 aliphatic heterocycles. The van der Waals surface area contributed by atoms with Gasteiger partial charge in [-0.1, -0.05) is 53.3 Å². The molecule has 3 nitrogen and oxygen atoms in total. The molecule has 0 unspecified atom stereocenters. The van der Waals surface area contributed by atoms with Crippen molar-refractivity contribution in [2.24, 2.45) is 5.10 Å². The Kier molecular flexibility index (Phi) is 3.48. The summed E-state index contributed by atoms with van der Waals surface area (Å²) in [5.41, 5.74) is 7.36. The van der Waals surface area contributed by atoms with Crippen LogP contribution in [0.5, 0.6) is 0 Å². The van der Waals surface area contributed by atoms with Gasteiger partial charge in [0.15, 0.2) is 0 Å². The molecule has 0 atom stereocenters. The Hall–Kier alpha value is -2.20. The molecule has 2 aromatic carbocycles. The van der Waals surface area contributed by atoms with E-state index in [4.69, 9.17) is 0 Å². The first kappa shape index (κ1) is 12.8. The van der Waals surface area contributed by atoms with E-state index in [1.165, 1.54) is 5.56 Å². The van der Waals surface area contributed by atoms with Crippen molar-refractivity contribution in [2.45, 2.75) is 13.8 Å². The van der Waals surface area contributed by atoms with Gasteiger partial charge in [-0.2, -0.15) is 5.10 Å². The predicted molar refractivity (Wildman–Crippen MR) is 86.6 cm³/mol. The van der Waals surface area contributed by atoms with E-state index in [0.717, 1.165) is 26.6 Å². The van der Waals surface area contributed by atoms with Crippen LogP contribution in [0.25, 0.3) is 10.2 Å². The summed E-state index contributed by atoms with van der Waals surface area (Å²) in [4.78, 5) is 4.49. The largest absolute Gasteiger partial charge is 0.252 e. The summed E-state index contributed by atoms with van der Waals surface area (Å²) in [5.74, 6) is 0. The van der Waals surface area contributed by atoms with Crippen LogP contribution >= 0.6 is 11.3 Å². The van der Waals surface area contributed by atoms with E-state index in [-0.39, 0.29) is 0 Å². The highest BCUT2D eigenvalue weighted by molar-refractivity contribution is 7.22. The standard InChI is InChI=1S/C16H15N3S/c1-11-7-9-13(10-8-11)12(2)18-19-16-17-14-5-3-4-6-15(14)20-16/h3-10H,1-2H3,(H,17,19). The summed E-state index contributed by atoms with van der Waals surface area (Å²) >= 11 is 1.61. The summed E-state index contributed by atoms with van der Waals surface area (Å²) in [7, 11) is 0. The Bertz CT molecular complexity index is 724. The fourth-order valence-corrected chi connectivity index (χ4v) is 2.72. The van der Waals surface area contributed by atoms with E-state index in [2.05, 4.69) is 52.8 Å². The Labute approximate surface area is 122 Å². The molecule has 1 aromatic heterocycles. The molecule has 1 N–H and O–H groups in total. The quantitative estimate of drug-likeness (QED) is 0.569. The highest BCUT2D eigenvalue weighted by atomic mass is 32.1. The molecular weight excluding hydrogens is 266 g/mol. The van der Waals surface area contributed by atoms with Crippen molar-refractivity contribution in [3.63, 3.8) is 0 Å². The number of hydrazone groups is 1. The number of thiazole rings is 1. The molecule has 100 valence electrons. The van der Waals surface area contributed by atoms with Crippen LogP contribution in [0, 0.1) is 6.92 Å². The number of nitrogens with one attached hydrogen (secondary N) is 1. The van der Waals surface area contributed by atoms with Gasteiger partial charge in [0.25, 0.3) is 0 Å². The van der Waals surface area contributed by atoms with Crippen LogP contribution in [-0.2, 0) is 0 Å². The normalized spacial score (nSPS) is 11.8. The highest BCUT2D eigenvalue weighted by Gasteiger charge is 2.02. The Balaban J connectivity index is 1.80. The van der Waals surface area contributed by atoms with Gasteiger partial charge in [-0.25, -0.2) is 4.98 Å². The molecule has 0 saturated carbocycles. The summed E-state index contributed by atoms with van der Waals surface area (Å²) in [6.07, 6.45) is 0. The summed E-state index contributed by atoms with van der Waals surface area (Å²) in [6.45, 7) is 4.07. The van der Waals surface area contributed by atoms with Crippen molar-refractivity contribution in [2.75, 3.05) is 5.43 Å². The first-order valence-corrected chi connectivity index (χ1v) is 7.27. The summed E-state index contributed by atoms with van der Waals surface area (Å²) in [6, 6.07) is 16.4. The molecule has 0 radical (unpaired) electrons. The van der Waals surface area contributed by atoms with Gasteiger partial charge in [-0.3, -0.25) is 5.43 Å². The molecule has 0 saturated heterocycles. The van der Waals surface area contributed by atoms with Crippen molar-refractivity contribution >= 4 is 32.4 Å². The monoisotopic (exact) mass is 281 g/mol. The number of nitrogens with zero attached hydrogens (tertiary/aromatic N) is 2. The maximum atomic E-state index is 4.49. The van der Waals surface area contributed by atoms with Crippen molar-refractivity contribution in [1.82, 2.24) is 4.98 Å². The smallest absolute Gasteiger partial charge is 0.204 e. The van der Waals surface area contributed by atoms with Gasteiger partial charge in [-0.05, 0) is 31.5 Å². The lowest BCUT2D eigenvalue weighted by molar-refractivity contribution is 1.29. The van der Waals surface area contributed by atoms with E-state index in [9.17, 15) is 0 Å². The zero-order chi connectivity index (χ0) is 13.9. The maximum Gasteiger partial charge on any atom is 0.204 e. The SMILES string of the molecule is CC(=NNc1nc2ccccc2s1)c1ccc(C)cc1. The number of aromatic nitrogens is 1. The van der Waals surface area contributed by atoms with Crippen LogP contribution in [-0.4, -0.2) is 10.7 Å². The zero-order valence-corrected chi connectivity index (χ0v) is 12.2. The Morgan fingerprint density at radius 1 is 1.10 bits per heavy atom. The minimum atomic E-state index is 0.817. The van der Waals surface area contributed by atoms with Gasteiger partial charge in [0.2, 0.25) is 5.13 Å². The number of anilines is 1. The number of fused-ring (bicyclic) bond motifs is 1. The van der Waals surface area contributed by atoms with Crippen LogP contribution in [0.3, 0.4) is 0 Å². The van der Waals surface area contributed by atoms with E-state index in [1.807, 2.05) is 25.1 Å². The first-order chi connectivity index (χ1) is 9.72. The number of aryl methyl sites for hydroxylation is 1. The van der Waals surface area contributed by atoms with Crippen LogP contribution in [0.1, 0.15) is 18.1 Å². The minimum absolute atomic E-state index is 0.817. The van der Waals surface area contributed by atoms with E-state index >= 15 is 0 Å². The minimum Gasteiger partial charge on any atom is -0.252 e. The molecule has 3 aromatic rings. The molecule has 20 heavy (non-hydrogen) atoms. The average Bonchev–Trinajstić information content (AvgIpc) is 2.88. The average molecular weight is 281 g/mol. The second kappa shape index (κ2) is 5.43. The molecular formula is C16H15N3S. The molecule has 0 fully saturated rings. The van der Waals surface area contributed by atoms with Crippen molar-refractivity contribution < 1.29 is 0 Å². The summed E-state index contributed by atoms with van der Waals surface area (Å²) in [5, 5.41) is 5.22. The second-order valence-electron chi connectivity index (χ2n) is 4.66. The molecule has 3 rings (SSSR count). The zero-order valence-electron chi connectivity index (χ0n) is 11.4. The van der Waals surface area contributed by atoms with Crippen molar-refractivity contribution in [3.05, 3.63) is 59.7 Å². The first-order valence-electron chi connectivity index (χ1n) is 6.45. The third-order valence-corrected chi connectivity index (χ3v) is 4.02. The van der Waals surface area contributed by atoms with Gasteiger partial charge < -0.3 is 0 Å². The molecule has 0 spiro atoms. The third kappa shape index (κ3) is 2.70. The lowest BCUT2D eigenvalue weighted by Crippen LogP contribution is -1.99. The van der Waals surface area contributed by atoms with Crippen molar-refractivity contribution in [3.8, 4) is 0 Å². The topological polar surface area (TPSA) is 37.3 Å². The molecule has 4 heteroatoms. The fraction of sp³-hybridized carbons (Fsp3) is 0.125. The van der Waals surface area contributed by atoms with Crippen LogP contribution < -0.4 is 5.43 Å². The molecule has 1 heterocycles. The maximum absolute atomic E-state index is 4.49. The van der Waals surface area contributed by atoms with Gasteiger partial charge >= 0.3 is 0 Å². The molecule has 0 amide bonds. The lowest BCUT2D eigenvalue weighted by atomic mass is 10.1. The lowest BCUT2D eigenvalue weighted by Gasteiger charge is -2.01. The van der Waals surface area contributed by atoms with E-state index in [0.29, 0.717) is 0 Å². The van der Waals surface area contributed by atoms with Gasteiger partial charge in [0, 0.05) is 0 Å². The number of hydrogen-bond acceptors (Lipinski definition) is 4. The Morgan fingerprint density at radius 2 is 1.85 bits per heavy atom. The molecule has 0 aliphatic rings. The highest BCUT2D eigenvalue weighted by Crippen LogP contribution is 2.25. The fourth-order valence-electron chi connectivity index (χ4n) is 1.91. The van der Waals surface area contributed by atoms with Crippen LogP contribution in [0.4, 0.5) is 5.13 Å². The third-order valence-electron chi connectivity index (χ3n) is 3.08. The van der Waals surface area contributed by atoms with Gasteiger partial charge in [0.1, 0.15) is 0 Å². The molecule has 0 bridgehead atoms. The van der Waals surface area contributed by atoms with Gasteiger partial charge in [-0.15, -0.1) is 0 Å². The van der Waals surface area contributed by atoms with Gasteiger partial charge in [0.05, 0.1) is 15.9 Å².